The van der Waals surface area contributed by atoms with Gasteiger partial charge in [-0.1, -0.05) is 43.2 Å². The second-order valence-electron chi connectivity index (χ2n) is 8.40. The maximum atomic E-state index is 13.3. The Hall–Kier alpha value is -1.43. The third kappa shape index (κ3) is 4.76. The second kappa shape index (κ2) is 8.93. The summed E-state index contributed by atoms with van der Waals surface area (Å²) in [7, 11) is -3.32. The predicted molar refractivity (Wildman–Crippen MR) is 116 cm³/mol. The Morgan fingerprint density at radius 3 is 2.14 bits per heavy atom. The van der Waals surface area contributed by atoms with E-state index >= 15 is 0 Å². The van der Waals surface area contributed by atoms with Gasteiger partial charge < -0.3 is 4.90 Å². The molecule has 2 heterocycles. The predicted octanol–water partition coefficient (Wildman–Crippen LogP) is 3.95. The molecular formula is C23H32N2O2S. The Labute approximate surface area is 169 Å². The molecule has 2 aliphatic heterocycles. The number of piperidine rings is 2. The molecule has 2 aromatic carbocycles. The van der Waals surface area contributed by atoms with E-state index < -0.39 is 9.84 Å². The Morgan fingerprint density at radius 2 is 1.43 bits per heavy atom. The van der Waals surface area contributed by atoms with Gasteiger partial charge in [-0.05, 0) is 74.8 Å². The first kappa shape index (κ1) is 19.9. The van der Waals surface area contributed by atoms with Gasteiger partial charge in [0.05, 0.1) is 10.6 Å². The molecule has 0 N–H and O–H groups in total. The molecule has 0 aliphatic carbocycles. The van der Waals surface area contributed by atoms with Crippen molar-refractivity contribution in [2.45, 2.75) is 49.5 Å². The molecular weight excluding hydrogens is 368 g/mol. The fourth-order valence-corrected chi connectivity index (χ4v) is 6.30. The van der Waals surface area contributed by atoms with E-state index in [1.54, 1.807) is 6.07 Å². The van der Waals surface area contributed by atoms with E-state index in [2.05, 4.69) is 9.80 Å². The summed E-state index contributed by atoms with van der Waals surface area (Å²) < 4.78 is 26.7. The summed E-state index contributed by atoms with van der Waals surface area (Å²) in [5.74, 6) is 0.224. The van der Waals surface area contributed by atoms with E-state index in [0.29, 0.717) is 4.90 Å². The molecule has 0 unspecified atom stereocenters. The summed E-state index contributed by atoms with van der Waals surface area (Å²) in [5.41, 5.74) is 0. The van der Waals surface area contributed by atoms with Crippen LogP contribution in [-0.2, 0) is 9.84 Å². The molecule has 2 aromatic rings. The van der Waals surface area contributed by atoms with Gasteiger partial charge in [-0.25, -0.2) is 8.42 Å². The average Bonchev–Trinajstić information content (AvgIpc) is 2.74. The molecule has 0 aromatic heterocycles. The van der Waals surface area contributed by atoms with Crippen LogP contribution in [0.1, 0.15) is 38.5 Å². The van der Waals surface area contributed by atoms with Gasteiger partial charge in [-0.2, -0.15) is 0 Å². The molecule has 1 atom stereocenters. The molecule has 28 heavy (non-hydrogen) atoms. The van der Waals surface area contributed by atoms with Crippen LogP contribution >= 0.6 is 0 Å². The third-order valence-electron chi connectivity index (χ3n) is 6.32. The van der Waals surface area contributed by atoms with Crippen LogP contribution in [0, 0.1) is 0 Å². The van der Waals surface area contributed by atoms with Crippen molar-refractivity contribution < 1.29 is 8.42 Å². The second-order valence-corrected chi connectivity index (χ2v) is 10.4. The number of nitrogens with zero attached hydrogens (tertiary/aromatic N) is 2. The lowest BCUT2D eigenvalue weighted by molar-refractivity contribution is 0.119. The molecule has 2 fully saturated rings. The normalized spacial score (nSPS) is 21.0. The van der Waals surface area contributed by atoms with Crippen LogP contribution in [-0.4, -0.2) is 62.7 Å². The molecule has 0 bridgehead atoms. The van der Waals surface area contributed by atoms with Crippen LogP contribution < -0.4 is 0 Å². The van der Waals surface area contributed by atoms with Crippen LogP contribution in [0.5, 0.6) is 0 Å². The van der Waals surface area contributed by atoms with Crippen LogP contribution in [0.25, 0.3) is 10.8 Å². The first-order chi connectivity index (χ1) is 13.6. The van der Waals surface area contributed by atoms with E-state index in [9.17, 15) is 8.42 Å². The highest BCUT2D eigenvalue weighted by atomic mass is 32.2. The number of hydrogen-bond donors (Lipinski definition) is 0. The SMILES string of the molecule is O=S(=O)(C[C@@H](CN1CCCCC1)N1CCCCC1)c1ccc2ccccc2c1. The van der Waals surface area contributed by atoms with Crippen molar-refractivity contribution in [1.29, 1.82) is 0 Å². The Bertz CT molecular complexity index is 884. The summed E-state index contributed by atoms with van der Waals surface area (Å²) in [6, 6.07) is 13.6. The number of rotatable bonds is 6. The van der Waals surface area contributed by atoms with Gasteiger partial charge >= 0.3 is 0 Å². The van der Waals surface area contributed by atoms with Gasteiger partial charge in [0.1, 0.15) is 0 Å². The van der Waals surface area contributed by atoms with E-state index in [1.165, 1.54) is 38.5 Å². The number of hydrogen-bond acceptors (Lipinski definition) is 4. The number of likely N-dealkylation sites (tertiary alicyclic amines) is 2. The molecule has 0 amide bonds. The van der Waals surface area contributed by atoms with Gasteiger partial charge in [0.2, 0.25) is 0 Å². The van der Waals surface area contributed by atoms with Crippen molar-refractivity contribution in [3.05, 3.63) is 42.5 Å². The van der Waals surface area contributed by atoms with Crippen molar-refractivity contribution in [3.63, 3.8) is 0 Å². The highest BCUT2D eigenvalue weighted by Crippen LogP contribution is 2.23. The lowest BCUT2D eigenvalue weighted by Crippen LogP contribution is -2.50. The molecule has 0 radical (unpaired) electrons. The Balaban J connectivity index is 1.55. The minimum atomic E-state index is -3.32. The zero-order valence-corrected chi connectivity index (χ0v) is 17.5. The number of fused-ring (bicyclic) bond motifs is 1. The van der Waals surface area contributed by atoms with Crippen molar-refractivity contribution in [1.82, 2.24) is 9.80 Å². The van der Waals surface area contributed by atoms with Crippen LogP contribution in [0.3, 0.4) is 0 Å². The van der Waals surface area contributed by atoms with Crippen molar-refractivity contribution >= 4 is 20.6 Å². The Kier molecular flexibility index (Phi) is 6.34. The molecule has 0 spiro atoms. The smallest absolute Gasteiger partial charge is 0.179 e. The molecule has 2 saturated heterocycles. The topological polar surface area (TPSA) is 40.6 Å². The maximum absolute atomic E-state index is 13.3. The molecule has 4 rings (SSSR count). The molecule has 152 valence electrons. The van der Waals surface area contributed by atoms with Gasteiger partial charge in [0.25, 0.3) is 0 Å². The fourth-order valence-electron chi connectivity index (χ4n) is 4.71. The maximum Gasteiger partial charge on any atom is 0.179 e. The lowest BCUT2D eigenvalue weighted by Gasteiger charge is -2.38. The minimum Gasteiger partial charge on any atom is -0.302 e. The summed E-state index contributed by atoms with van der Waals surface area (Å²) >= 11 is 0. The highest BCUT2D eigenvalue weighted by molar-refractivity contribution is 7.91. The van der Waals surface area contributed by atoms with Gasteiger partial charge in [-0.3, -0.25) is 4.90 Å². The van der Waals surface area contributed by atoms with E-state index in [1.807, 2.05) is 36.4 Å². The quantitative estimate of drug-likeness (QED) is 0.736. The van der Waals surface area contributed by atoms with E-state index in [4.69, 9.17) is 0 Å². The minimum absolute atomic E-state index is 0.0925. The average molecular weight is 401 g/mol. The van der Waals surface area contributed by atoms with E-state index in [0.717, 1.165) is 43.5 Å². The third-order valence-corrected chi connectivity index (χ3v) is 8.11. The molecule has 5 heteroatoms. The summed E-state index contributed by atoms with van der Waals surface area (Å²) in [6.45, 7) is 5.17. The van der Waals surface area contributed by atoms with Crippen LogP contribution in [0.15, 0.2) is 47.4 Å². The van der Waals surface area contributed by atoms with E-state index in [-0.39, 0.29) is 11.8 Å². The summed E-state index contributed by atoms with van der Waals surface area (Å²) in [5, 5.41) is 2.08. The fraction of sp³-hybridized carbons (Fsp3) is 0.565. The number of sulfone groups is 1. The van der Waals surface area contributed by atoms with Crippen LogP contribution in [0.2, 0.25) is 0 Å². The zero-order chi connectivity index (χ0) is 19.4. The lowest BCUT2D eigenvalue weighted by atomic mass is 10.1. The summed E-state index contributed by atoms with van der Waals surface area (Å²) in [4.78, 5) is 5.39. The summed E-state index contributed by atoms with van der Waals surface area (Å²) in [6.07, 6.45) is 7.43. The van der Waals surface area contributed by atoms with Crippen LogP contribution in [0.4, 0.5) is 0 Å². The van der Waals surface area contributed by atoms with Gasteiger partial charge in [0, 0.05) is 12.6 Å². The van der Waals surface area contributed by atoms with Gasteiger partial charge in [-0.15, -0.1) is 0 Å². The van der Waals surface area contributed by atoms with Crippen molar-refractivity contribution in [3.8, 4) is 0 Å². The molecule has 2 aliphatic rings. The first-order valence-electron chi connectivity index (χ1n) is 10.8. The highest BCUT2D eigenvalue weighted by Gasteiger charge is 2.29. The zero-order valence-electron chi connectivity index (χ0n) is 16.7. The number of benzene rings is 2. The first-order valence-corrected chi connectivity index (χ1v) is 12.4. The largest absolute Gasteiger partial charge is 0.302 e. The monoisotopic (exact) mass is 400 g/mol. The molecule has 0 saturated carbocycles. The standard InChI is InChI=1S/C23H32N2O2S/c26-28(27,23-12-11-20-9-3-4-10-21(20)17-23)19-22(25-15-7-2-8-16-25)18-24-13-5-1-6-14-24/h3-4,9-12,17,22H,1-2,5-8,13-16,18-19H2/t22-/m1/s1. The van der Waals surface area contributed by atoms with Crippen molar-refractivity contribution in [2.75, 3.05) is 38.5 Å². The Morgan fingerprint density at radius 1 is 0.786 bits per heavy atom. The molecule has 4 nitrogen and oxygen atoms in total. The van der Waals surface area contributed by atoms with Gasteiger partial charge in [0.15, 0.2) is 9.84 Å². The van der Waals surface area contributed by atoms with Crippen molar-refractivity contribution in [2.24, 2.45) is 0 Å².